The van der Waals surface area contributed by atoms with E-state index in [1.807, 2.05) is 6.92 Å². The lowest BCUT2D eigenvalue weighted by atomic mass is 10.2. The van der Waals surface area contributed by atoms with Gasteiger partial charge in [0.25, 0.3) is 5.89 Å². The number of furan rings is 1. The molecule has 0 bridgehead atoms. The Kier molecular flexibility index (Phi) is 4.46. The summed E-state index contributed by atoms with van der Waals surface area (Å²) in [5.41, 5.74) is 1.15. The van der Waals surface area contributed by atoms with Crippen molar-refractivity contribution in [2.45, 2.75) is 13.8 Å². The largest absolute Gasteiger partial charge is 0.466 e. The molecule has 2 amide bonds. The van der Waals surface area contributed by atoms with Crippen molar-refractivity contribution in [2.75, 3.05) is 10.6 Å². The molecule has 2 heterocycles. The van der Waals surface area contributed by atoms with Gasteiger partial charge in [-0.05, 0) is 38.1 Å². The zero-order valence-corrected chi connectivity index (χ0v) is 14.2. The van der Waals surface area contributed by atoms with Crippen LogP contribution in [0.4, 0.5) is 16.5 Å². The number of rotatable bonds is 3. The molecule has 2 N–H and O–H groups in total. The lowest BCUT2D eigenvalue weighted by Crippen LogP contribution is -2.19. The molecule has 0 spiro atoms. The fourth-order valence-electron chi connectivity index (χ4n) is 2.06. The molecule has 0 aliphatic rings. The van der Waals surface area contributed by atoms with Crippen LogP contribution in [0, 0.1) is 13.8 Å². The summed E-state index contributed by atoms with van der Waals surface area (Å²) in [6.45, 7) is 3.60. The first-order chi connectivity index (χ1) is 11.4. The SMILES string of the molecule is Cc1cc(-c2nnc(NC(=O)Nc3ccc(Cl)c(Cl)c3)o2)c(C)o1. The average molecular weight is 367 g/mol. The number of anilines is 2. The first-order valence-corrected chi connectivity index (χ1v) is 7.62. The Morgan fingerprint density at radius 1 is 1.04 bits per heavy atom. The van der Waals surface area contributed by atoms with Crippen LogP contribution < -0.4 is 10.6 Å². The first-order valence-electron chi connectivity index (χ1n) is 6.86. The number of aryl methyl sites for hydroxylation is 2. The quantitative estimate of drug-likeness (QED) is 0.687. The van der Waals surface area contributed by atoms with E-state index in [1.54, 1.807) is 25.1 Å². The number of urea groups is 1. The highest BCUT2D eigenvalue weighted by Gasteiger charge is 2.16. The molecule has 0 saturated carbocycles. The van der Waals surface area contributed by atoms with Gasteiger partial charge in [-0.25, -0.2) is 4.79 Å². The number of nitrogens with zero attached hydrogens (tertiary/aromatic N) is 2. The smallest absolute Gasteiger partial charge is 0.327 e. The van der Waals surface area contributed by atoms with Crippen LogP contribution in [0.25, 0.3) is 11.5 Å². The summed E-state index contributed by atoms with van der Waals surface area (Å²) in [6.07, 6.45) is 0. The van der Waals surface area contributed by atoms with E-state index < -0.39 is 6.03 Å². The van der Waals surface area contributed by atoms with Gasteiger partial charge in [0.1, 0.15) is 11.5 Å². The summed E-state index contributed by atoms with van der Waals surface area (Å²) in [6, 6.07) is 5.91. The van der Waals surface area contributed by atoms with Gasteiger partial charge in [-0.15, -0.1) is 5.10 Å². The number of hydrogen-bond donors (Lipinski definition) is 2. The van der Waals surface area contributed by atoms with Gasteiger partial charge in [0, 0.05) is 5.69 Å². The highest BCUT2D eigenvalue weighted by molar-refractivity contribution is 6.42. The molecule has 7 nitrogen and oxygen atoms in total. The molecule has 0 aliphatic heterocycles. The Hall–Kier alpha value is -2.51. The van der Waals surface area contributed by atoms with Crippen molar-refractivity contribution in [1.29, 1.82) is 0 Å². The van der Waals surface area contributed by atoms with Crippen LogP contribution in [-0.2, 0) is 0 Å². The summed E-state index contributed by atoms with van der Waals surface area (Å²) in [4.78, 5) is 12.0. The minimum atomic E-state index is -0.552. The van der Waals surface area contributed by atoms with E-state index in [4.69, 9.17) is 32.0 Å². The van der Waals surface area contributed by atoms with Gasteiger partial charge < -0.3 is 14.2 Å². The topological polar surface area (TPSA) is 93.2 Å². The van der Waals surface area contributed by atoms with Crippen molar-refractivity contribution < 1.29 is 13.6 Å². The predicted octanol–water partition coefficient (Wildman–Crippen LogP) is 4.90. The number of carbonyl (C=O) groups excluding carboxylic acids is 1. The molecule has 0 aliphatic carbocycles. The molecule has 24 heavy (non-hydrogen) atoms. The van der Waals surface area contributed by atoms with Crippen molar-refractivity contribution >= 4 is 40.9 Å². The van der Waals surface area contributed by atoms with E-state index in [0.717, 1.165) is 5.76 Å². The summed E-state index contributed by atoms with van der Waals surface area (Å²) < 4.78 is 10.8. The second kappa shape index (κ2) is 6.54. The van der Waals surface area contributed by atoms with Gasteiger partial charge in [0.15, 0.2) is 0 Å². The number of carbonyl (C=O) groups is 1. The Labute approximate surface area is 147 Å². The lowest BCUT2D eigenvalue weighted by molar-refractivity contribution is 0.261. The third-order valence-corrected chi connectivity index (χ3v) is 3.83. The molecule has 1 aromatic carbocycles. The van der Waals surface area contributed by atoms with Crippen molar-refractivity contribution in [3.8, 4) is 11.5 Å². The molecule has 2 aromatic heterocycles. The van der Waals surface area contributed by atoms with E-state index in [2.05, 4.69) is 20.8 Å². The van der Waals surface area contributed by atoms with Gasteiger partial charge in [0.2, 0.25) is 0 Å². The van der Waals surface area contributed by atoms with Crippen molar-refractivity contribution in [3.05, 3.63) is 45.8 Å². The minimum absolute atomic E-state index is 0.0409. The zero-order chi connectivity index (χ0) is 17.3. The van der Waals surface area contributed by atoms with Crippen molar-refractivity contribution in [1.82, 2.24) is 10.2 Å². The number of halogens is 2. The number of hydrogen-bond acceptors (Lipinski definition) is 5. The van der Waals surface area contributed by atoms with Gasteiger partial charge in [-0.1, -0.05) is 28.3 Å². The van der Waals surface area contributed by atoms with E-state index in [0.29, 0.717) is 27.1 Å². The Morgan fingerprint density at radius 3 is 2.50 bits per heavy atom. The Balaban J connectivity index is 1.69. The van der Waals surface area contributed by atoms with Crippen LogP contribution in [0.2, 0.25) is 10.0 Å². The normalized spacial score (nSPS) is 10.7. The number of amides is 2. The molecular weight excluding hydrogens is 355 g/mol. The van der Waals surface area contributed by atoms with Crippen LogP contribution >= 0.6 is 23.2 Å². The fraction of sp³-hybridized carbons (Fsp3) is 0.133. The second-order valence-electron chi connectivity index (χ2n) is 4.95. The van der Waals surface area contributed by atoms with Crippen LogP contribution in [0.3, 0.4) is 0 Å². The molecular formula is C15H12Cl2N4O3. The molecule has 0 saturated heterocycles. The molecule has 0 atom stereocenters. The Morgan fingerprint density at radius 2 is 1.83 bits per heavy atom. The van der Waals surface area contributed by atoms with Gasteiger partial charge >= 0.3 is 12.0 Å². The number of nitrogens with one attached hydrogen (secondary N) is 2. The molecule has 3 aromatic rings. The van der Waals surface area contributed by atoms with Gasteiger partial charge in [-0.3, -0.25) is 5.32 Å². The highest BCUT2D eigenvalue weighted by atomic mass is 35.5. The predicted molar refractivity (Wildman–Crippen MR) is 90.6 cm³/mol. The third kappa shape index (κ3) is 3.52. The third-order valence-electron chi connectivity index (χ3n) is 3.09. The van der Waals surface area contributed by atoms with Crippen molar-refractivity contribution in [3.63, 3.8) is 0 Å². The lowest BCUT2D eigenvalue weighted by Gasteiger charge is -2.05. The van der Waals surface area contributed by atoms with E-state index >= 15 is 0 Å². The standard InChI is InChI=1S/C15H12Cl2N4O3/c1-7-5-10(8(2)23-7)13-20-21-15(24-13)19-14(22)18-9-3-4-11(16)12(17)6-9/h3-6H,1-2H3,(H2,18,19,21,22). The number of benzene rings is 1. The maximum absolute atomic E-state index is 12.0. The summed E-state index contributed by atoms with van der Waals surface area (Å²) in [5, 5.41) is 13.4. The zero-order valence-electron chi connectivity index (χ0n) is 12.7. The van der Waals surface area contributed by atoms with Crippen LogP contribution in [-0.4, -0.2) is 16.2 Å². The van der Waals surface area contributed by atoms with Gasteiger partial charge in [-0.2, -0.15) is 0 Å². The first kappa shape index (κ1) is 16.4. The van der Waals surface area contributed by atoms with E-state index in [9.17, 15) is 4.79 Å². The van der Waals surface area contributed by atoms with E-state index in [1.165, 1.54) is 6.07 Å². The summed E-state index contributed by atoms with van der Waals surface area (Å²) in [5.74, 6) is 1.64. The molecule has 124 valence electrons. The maximum Gasteiger partial charge on any atom is 0.327 e. The van der Waals surface area contributed by atoms with Gasteiger partial charge in [0.05, 0.1) is 15.6 Å². The average Bonchev–Trinajstić information content (AvgIpc) is 3.09. The van der Waals surface area contributed by atoms with Crippen LogP contribution in [0.5, 0.6) is 0 Å². The maximum atomic E-state index is 12.0. The minimum Gasteiger partial charge on any atom is -0.466 e. The molecule has 0 fully saturated rings. The Bertz CT molecular complexity index is 904. The monoisotopic (exact) mass is 366 g/mol. The van der Waals surface area contributed by atoms with Crippen LogP contribution in [0.15, 0.2) is 33.1 Å². The van der Waals surface area contributed by atoms with E-state index in [-0.39, 0.29) is 11.9 Å². The fourth-order valence-corrected chi connectivity index (χ4v) is 2.36. The second-order valence-corrected chi connectivity index (χ2v) is 5.76. The molecule has 3 rings (SSSR count). The summed E-state index contributed by atoms with van der Waals surface area (Å²) >= 11 is 11.7. The molecule has 9 heteroatoms. The van der Waals surface area contributed by atoms with Crippen LogP contribution in [0.1, 0.15) is 11.5 Å². The highest BCUT2D eigenvalue weighted by Crippen LogP contribution is 2.27. The number of aromatic nitrogens is 2. The summed E-state index contributed by atoms with van der Waals surface area (Å²) in [7, 11) is 0. The van der Waals surface area contributed by atoms with Crippen molar-refractivity contribution in [2.24, 2.45) is 0 Å². The molecule has 0 unspecified atom stereocenters. The molecule has 0 radical (unpaired) electrons.